The highest BCUT2D eigenvalue weighted by molar-refractivity contribution is 6.32. The number of fused-ring (bicyclic) bond motifs is 9. The van der Waals surface area contributed by atoms with Gasteiger partial charge in [-0.15, -0.1) is 0 Å². The molecule has 6 aromatic carbocycles. The highest BCUT2D eigenvalue weighted by atomic mass is 16.5. The fourth-order valence-corrected chi connectivity index (χ4v) is 5.41. The topological polar surface area (TPSA) is 52.6 Å². The number of carbonyl (C=O) groups excluding carboxylic acids is 2. The van der Waals surface area contributed by atoms with E-state index in [1.807, 2.05) is 64.1 Å². The Hall–Kier alpha value is -4.44. The Morgan fingerprint density at radius 1 is 0.500 bits per heavy atom. The smallest absolute Gasteiger partial charge is 0.338 e. The van der Waals surface area contributed by atoms with Gasteiger partial charge in [-0.1, -0.05) is 88.4 Å². The van der Waals surface area contributed by atoms with E-state index in [0.717, 1.165) is 53.9 Å². The lowest BCUT2D eigenvalue weighted by Gasteiger charge is -2.14. The van der Waals surface area contributed by atoms with Crippen LogP contribution in [0, 0.1) is 11.8 Å². The summed E-state index contributed by atoms with van der Waals surface area (Å²) in [5.74, 6) is -0.0943. The largest absolute Gasteiger partial charge is 0.462 e. The highest BCUT2D eigenvalue weighted by Crippen LogP contribution is 2.40. The van der Waals surface area contributed by atoms with Crippen LogP contribution in [0.2, 0.25) is 0 Å². The fourth-order valence-electron chi connectivity index (χ4n) is 5.41. The predicted octanol–water partition coefficient (Wildman–Crippen LogP) is 9.08. The van der Waals surface area contributed by atoms with Gasteiger partial charge in [0.2, 0.25) is 0 Å². The van der Waals surface area contributed by atoms with E-state index in [2.05, 4.69) is 48.5 Å². The maximum Gasteiger partial charge on any atom is 0.338 e. The van der Waals surface area contributed by atoms with Crippen molar-refractivity contribution in [3.05, 3.63) is 96.1 Å². The van der Waals surface area contributed by atoms with E-state index in [1.54, 1.807) is 0 Å². The summed E-state index contributed by atoms with van der Waals surface area (Å²) in [6, 6.07) is 28.6. The summed E-state index contributed by atoms with van der Waals surface area (Å²) in [5.41, 5.74) is 1.08. The summed E-state index contributed by atoms with van der Waals surface area (Å²) >= 11 is 0. The zero-order chi connectivity index (χ0) is 28.0. The van der Waals surface area contributed by atoms with Crippen molar-refractivity contribution in [2.45, 2.75) is 27.7 Å². The van der Waals surface area contributed by atoms with Crippen LogP contribution in [-0.2, 0) is 9.47 Å². The first-order valence-electron chi connectivity index (χ1n) is 13.9. The molecular formula is C36H32O4. The van der Waals surface area contributed by atoms with Crippen LogP contribution < -0.4 is 0 Å². The van der Waals surface area contributed by atoms with Gasteiger partial charge in [-0.3, -0.25) is 0 Å². The Morgan fingerprint density at radius 2 is 0.825 bits per heavy atom. The van der Waals surface area contributed by atoms with Crippen LogP contribution in [0.15, 0.2) is 84.9 Å². The van der Waals surface area contributed by atoms with Crippen LogP contribution in [0.3, 0.4) is 0 Å². The molecule has 0 unspecified atom stereocenters. The van der Waals surface area contributed by atoms with E-state index in [-0.39, 0.29) is 23.8 Å². The third kappa shape index (κ3) is 4.64. The van der Waals surface area contributed by atoms with Gasteiger partial charge in [-0.2, -0.15) is 0 Å². The Bertz CT molecular complexity index is 1800. The van der Waals surface area contributed by atoms with Gasteiger partial charge in [0.05, 0.1) is 24.3 Å². The van der Waals surface area contributed by atoms with Crippen molar-refractivity contribution in [2.24, 2.45) is 11.8 Å². The molecule has 4 nitrogen and oxygen atoms in total. The molecule has 0 saturated carbocycles. The highest BCUT2D eigenvalue weighted by Gasteiger charge is 2.16. The lowest BCUT2D eigenvalue weighted by molar-refractivity contribution is 0.0451. The van der Waals surface area contributed by atoms with Crippen molar-refractivity contribution in [1.29, 1.82) is 0 Å². The summed E-state index contributed by atoms with van der Waals surface area (Å²) in [5, 5.41) is 10.6. The Morgan fingerprint density at radius 3 is 1.20 bits per heavy atom. The maximum atomic E-state index is 12.9. The van der Waals surface area contributed by atoms with E-state index in [0.29, 0.717) is 24.3 Å². The van der Waals surface area contributed by atoms with Crippen molar-refractivity contribution in [2.75, 3.05) is 13.2 Å². The lowest BCUT2D eigenvalue weighted by Crippen LogP contribution is -2.10. The SMILES string of the molecule is CC(C)COC(=O)c1ccc2ccc3ccc4ccc5ccc6ccc(C(=O)OCC(C)C)cc6c5c4c3c2c1. The van der Waals surface area contributed by atoms with Crippen LogP contribution in [0.4, 0.5) is 0 Å². The van der Waals surface area contributed by atoms with Gasteiger partial charge < -0.3 is 9.47 Å². The molecule has 0 heterocycles. The van der Waals surface area contributed by atoms with Crippen molar-refractivity contribution < 1.29 is 19.1 Å². The second kappa shape index (κ2) is 10.3. The normalized spacial score (nSPS) is 11.8. The van der Waals surface area contributed by atoms with E-state index in [9.17, 15) is 9.59 Å². The van der Waals surface area contributed by atoms with Crippen LogP contribution in [0.25, 0.3) is 53.9 Å². The molecule has 0 aromatic heterocycles. The molecule has 0 fully saturated rings. The van der Waals surface area contributed by atoms with Gasteiger partial charge in [0.25, 0.3) is 0 Å². The number of esters is 2. The Labute approximate surface area is 233 Å². The average Bonchev–Trinajstić information content (AvgIpc) is 2.97. The minimum atomic E-state index is -0.312. The molecule has 6 aromatic rings. The molecule has 0 amide bonds. The van der Waals surface area contributed by atoms with Gasteiger partial charge >= 0.3 is 11.9 Å². The van der Waals surface area contributed by atoms with Gasteiger partial charge in [0.15, 0.2) is 0 Å². The standard InChI is InChI=1S/C36H32O4/c1-21(2)19-39-35(37)28-15-7-23-5-9-25-11-13-27-14-12-26-10-6-24-8-16-29(36(38)40-20-22(3)4)18-31(24)33(26)34(27)32(25)30(23)17-28/h5-18,21-22H,19-20H2,1-4H3. The van der Waals surface area contributed by atoms with Crippen molar-refractivity contribution in [1.82, 2.24) is 0 Å². The molecule has 0 bridgehead atoms. The zero-order valence-corrected chi connectivity index (χ0v) is 23.3. The number of hydrogen-bond acceptors (Lipinski definition) is 4. The molecule has 0 saturated heterocycles. The zero-order valence-electron chi connectivity index (χ0n) is 23.3. The first-order valence-corrected chi connectivity index (χ1v) is 13.9. The number of benzene rings is 6. The second-order valence-corrected chi connectivity index (χ2v) is 11.4. The van der Waals surface area contributed by atoms with Crippen LogP contribution in [-0.4, -0.2) is 25.2 Å². The average molecular weight is 529 g/mol. The second-order valence-electron chi connectivity index (χ2n) is 11.4. The van der Waals surface area contributed by atoms with Crippen molar-refractivity contribution in [3.63, 3.8) is 0 Å². The molecule has 0 aliphatic heterocycles. The number of ether oxygens (including phenoxy) is 2. The molecule has 40 heavy (non-hydrogen) atoms. The third-order valence-corrected chi connectivity index (χ3v) is 7.35. The minimum Gasteiger partial charge on any atom is -0.462 e. The van der Waals surface area contributed by atoms with Gasteiger partial charge in [-0.05, 0) is 90.0 Å². The predicted molar refractivity (Wildman–Crippen MR) is 164 cm³/mol. The first kappa shape index (κ1) is 25.8. The van der Waals surface area contributed by atoms with Gasteiger partial charge in [0.1, 0.15) is 0 Å². The Balaban J connectivity index is 1.66. The quantitative estimate of drug-likeness (QED) is 0.160. The Kier molecular flexibility index (Phi) is 6.63. The summed E-state index contributed by atoms with van der Waals surface area (Å²) in [7, 11) is 0. The summed E-state index contributed by atoms with van der Waals surface area (Å²) in [4.78, 5) is 25.8. The summed E-state index contributed by atoms with van der Waals surface area (Å²) in [6.07, 6.45) is 0. The molecule has 200 valence electrons. The molecule has 0 spiro atoms. The van der Waals surface area contributed by atoms with E-state index < -0.39 is 0 Å². The molecule has 4 heteroatoms. The minimum absolute atomic E-state index is 0.265. The van der Waals surface area contributed by atoms with Crippen molar-refractivity contribution >= 4 is 65.8 Å². The van der Waals surface area contributed by atoms with Crippen LogP contribution in [0.1, 0.15) is 48.4 Å². The monoisotopic (exact) mass is 528 g/mol. The summed E-state index contributed by atoms with van der Waals surface area (Å²) < 4.78 is 11.1. The van der Waals surface area contributed by atoms with Gasteiger partial charge in [-0.25, -0.2) is 9.59 Å². The first-order chi connectivity index (χ1) is 19.3. The molecular weight excluding hydrogens is 496 g/mol. The molecule has 6 rings (SSSR count). The van der Waals surface area contributed by atoms with Crippen LogP contribution >= 0.6 is 0 Å². The van der Waals surface area contributed by atoms with E-state index >= 15 is 0 Å². The number of carbonyl (C=O) groups is 2. The van der Waals surface area contributed by atoms with Crippen LogP contribution in [0.5, 0.6) is 0 Å². The van der Waals surface area contributed by atoms with E-state index in [1.165, 1.54) is 0 Å². The van der Waals surface area contributed by atoms with E-state index in [4.69, 9.17) is 9.47 Å². The maximum absolute atomic E-state index is 12.9. The molecule has 0 N–H and O–H groups in total. The van der Waals surface area contributed by atoms with Gasteiger partial charge in [0, 0.05) is 0 Å². The molecule has 0 aliphatic rings. The third-order valence-electron chi connectivity index (χ3n) is 7.35. The summed E-state index contributed by atoms with van der Waals surface area (Å²) in [6.45, 7) is 8.87. The number of rotatable bonds is 6. The van der Waals surface area contributed by atoms with Crippen molar-refractivity contribution in [3.8, 4) is 0 Å². The fraction of sp³-hybridized carbons (Fsp3) is 0.222. The lowest BCUT2D eigenvalue weighted by atomic mass is 9.90. The molecule has 0 aliphatic carbocycles. The number of hydrogen-bond donors (Lipinski definition) is 0. The molecule has 0 atom stereocenters. The molecule has 0 radical (unpaired) electrons.